The van der Waals surface area contributed by atoms with Crippen LogP contribution >= 0.6 is 11.6 Å². The molecule has 2 heterocycles. The van der Waals surface area contributed by atoms with Crippen LogP contribution in [0, 0.1) is 5.92 Å². The van der Waals surface area contributed by atoms with Gasteiger partial charge in [-0.05, 0) is 79.1 Å². The van der Waals surface area contributed by atoms with Gasteiger partial charge in [0.25, 0.3) is 0 Å². The highest BCUT2D eigenvalue weighted by molar-refractivity contribution is 6.31. The third kappa shape index (κ3) is 3.81. The lowest BCUT2D eigenvalue weighted by Crippen LogP contribution is -2.54. The summed E-state index contributed by atoms with van der Waals surface area (Å²) in [5.41, 5.74) is 7.00. The number of halogens is 1. The molecule has 2 atom stereocenters. The number of rotatable bonds is 5. The maximum absolute atomic E-state index is 6.32. The first kappa shape index (κ1) is 21.8. The maximum atomic E-state index is 6.32. The molecule has 2 unspecified atom stereocenters. The molecule has 1 saturated heterocycles. The lowest BCUT2D eigenvalue weighted by molar-refractivity contribution is 0.0822. The van der Waals surface area contributed by atoms with Gasteiger partial charge in [0.15, 0.2) is 0 Å². The third-order valence-electron chi connectivity index (χ3n) is 8.24. The van der Waals surface area contributed by atoms with Gasteiger partial charge < -0.3 is 14.6 Å². The number of piperidine rings is 1. The van der Waals surface area contributed by atoms with Crippen molar-refractivity contribution in [3.05, 3.63) is 100 Å². The second-order valence-electron chi connectivity index (χ2n) is 10.0. The van der Waals surface area contributed by atoms with Gasteiger partial charge in [-0.2, -0.15) is 0 Å². The maximum Gasteiger partial charge on any atom is 0.119 e. The van der Waals surface area contributed by atoms with Gasteiger partial charge in [-0.15, -0.1) is 0 Å². The molecule has 0 spiro atoms. The van der Waals surface area contributed by atoms with Crippen molar-refractivity contribution in [2.24, 2.45) is 5.92 Å². The van der Waals surface area contributed by atoms with Gasteiger partial charge in [0.2, 0.25) is 0 Å². The normalized spacial score (nSPS) is 22.4. The fourth-order valence-electron chi connectivity index (χ4n) is 6.41. The number of hydrogen-bond acceptors (Lipinski definition) is 2. The Balaban J connectivity index is 1.35. The van der Waals surface area contributed by atoms with Crippen molar-refractivity contribution in [1.29, 1.82) is 0 Å². The van der Waals surface area contributed by atoms with E-state index in [4.69, 9.17) is 16.3 Å². The molecule has 0 saturated carbocycles. The highest BCUT2D eigenvalue weighted by Crippen LogP contribution is 2.49. The fourth-order valence-corrected chi connectivity index (χ4v) is 6.58. The summed E-state index contributed by atoms with van der Waals surface area (Å²) in [6, 6.07) is 26.0. The Morgan fingerprint density at radius 2 is 1.94 bits per heavy atom. The number of fused-ring (bicyclic) bond motifs is 4. The summed E-state index contributed by atoms with van der Waals surface area (Å²) in [5, 5.41) is 2.12. The van der Waals surface area contributed by atoms with Crippen LogP contribution in [0.3, 0.4) is 0 Å². The zero-order valence-electron chi connectivity index (χ0n) is 19.7. The molecule has 3 nitrogen and oxygen atoms in total. The Labute approximate surface area is 206 Å². The Hall–Kier alpha value is -2.75. The second kappa shape index (κ2) is 8.79. The summed E-state index contributed by atoms with van der Waals surface area (Å²) in [5.74, 6) is 1.51. The summed E-state index contributed by atoms with van der Waals surface area (Å²) >= 11 is 6.32. The largest absolute Gasteiger partial charge is 0.497 e. The molecule has 1 fully saturated rings. The molecule has 2 aliphatic rings. The minimum atomic E-state index is 0.120. The first-order valence-corrected chi connectivity index (χ1v) is 12.7. The zero-order valence-corrected chi connectivity index (χ0v) is 20.4. The minimum Gasteiger partial charge on any atom is -0.497 e. The molecule has 1 aliphatic heterocycles. The van der Waals surface area contributed by atoms with Crippen LogP contribution in [0.4, 0.5) is 0 Å². The Morgan fingerprint density at radius 3 is 2.79 bits per heavy atom. The van der Waals surface area contributed by atoms with Crippen LogP contribution in [0.1, 0.15) is 28.8 Å². The van der Waals surface area contributed by atoms with Crippen molar-refractivity contribution < 1.29 is 4.74 Å². The predicted molar refractivity (Wildman–Crippen MR) is 140 cm³/mol. The number of aromatic nitrogens is 1. The van der Waals surface area contributed by atoms with Gasteiger partial charge in [-0.3, -0.25) is 0 Å². The van der Waals surface area contributed by atoms with Crippen LogP contribution in [0.15, 0.2) is 72.8 Å². The SMILES string of the molecule is COc1cccc(C23CCN(CCc4ccccc4)CC2Cc2c([nH]c4cc(Cl)ccc24)C3)c1. The van der Waals surface area contributed by atoms with Gasteiger partial charge in [-0.1, -0.05) is 60.1 Å². The van der Waals surface area contributed by atoms with Crippen molar-refractivity contribution in [2.45, 2.75) is 31.1 Å². The van der Waals surface area contributed by atoms with Gasteiger partial charge in [0, 0.05) is 40.1 Å². The lowest BCUT2D eigenvalue weighted by Gasteiger charge is -2.51. The topological polar surface area (TPSA) is 28.3 Å². The summed E-state index contributed by atoms with van der Waals surface area (Å²) in [7, 11) is 1.76. The highest BCUT2D eigenvalue weighted by Gasteiger charge is 2.48. The predicted octanol–water partition coefficient (Wildman–Crippen LogP) is 6.43. The molecular formula is C30H31ClN2O. The van der Waals surface area contributed by atoms with Crippen molar-refractivity contribution in [1.82, 2.24) is 9.88 Å². The fraction of sp³-hybridized carbons (Fsp3) is 0.333. The van der Waals surface area contributed by atoms with E-state index in [-0.39, 0.29) is 5.41 Å². The molecule has 1 aliphatic carbocycles. The molecular weight excluding hydrogens is 440 g/mol. The monoisotopic (exact) mass is 470 g/mol. The Morgan fingerprint density at radius 1 is 1.06 bits per heavy atom. The number of benzene rings is 3. The third-order valence-corrected chi connectivity index (χ3v) is 8.47. The molecule has 3 aromatic carbocycles. The molecule has 174 valence electrons. The van der Waals surface area contributed by atoms with E-state index >= 15 is 0 Å². The van der Waals surface area contributed by atoms with Crippen molar-refractivity contribution in [3.8, 4) is 5.75 Å². The van der Waals surface area contributed by atoms with Crippen LogP contribution < -0.4 is 4.74 Å². The van der Waals surface area contributed by atoms with E-state index in [1.807, 2.05) is 6.07 Å². The van der Waals surface area contributed by atoms with E-state index in [0.29, 0.717) is 5.92 Å². The smallest absolute Gasteiger partial charge is 0.119 e. The number of nitrogens with one attached hydrogen (secondary N) is 1. The summed E-state index contributed by atoms with van der Waals surface area (Å²) in [4.78, 5) is 6.43. The average Bonchev–Trinajstić information content (AvgIpc) is 3.22. The molecule has 4 heteroatoms. The van der Waals surface area contributed by atoms with Crippen molar-refractivity contribution in [3.63, 3.8) is 0 Å². The summed E-state index contributed by atoms with van der Waals surface area (Å²) in [6.07, 6.45) is 4.40. The van der Waals surface area contributed by atoms with Gasteiger partial charge >= 0.3 is 0 Å². The van der Waals surface area contributed by atoms with E-state index in [1.54, 1.807) is 7.11 Å². The Bertz CT molecular complexity index is 1310. The molecule has 1 N–H and O–H groups in total. The highest BCUT2D eigenvalue weighted by atomic mass is 35.5. The molecule has 6 rings (SSSR count). The van der Waals surface area contributed by atoms with E-state index < -0.39 is 0 Å². The molecule has 0 radical (unpaired) electrons. The van der Waals surface area contributed by atoms with Crippen LogP contribution in [-0.2, 0) is 24.7 Å². The quantitative estimate of drug-likeness (QED) is 0.364. The van der Waals surface area contributed by atoms with E-state index in [1.165, 1.54) is 27.8 Å². The molecule has 0 bridgehead atoms. The molecule has 34 heavy (non-hydrogen) atoms. The van der Waals surface area contributed by atoms with Gasteiger partial charge in [-0.25, -0.2) is 0 Å². The van der Waals surface area contributed by atoms with Crippen molar-refractivity contribution >= 4 is 22.5 Å². The number of nitrogens with zero attached hydrogens (tertiary/aromatic N) is 1. The number of aromatic amines is 1. The first-order chi connectivity index (χ1) is 16.6. The lowest BCUT2D eigenvalue weighted by atomic mass is 9.58. The molecule has 4 aromatic rings. The average molecular weight is 471 g/mol. The van der Waals surface area contributed by atoms with Gasteiger partial charge in [0.05, 0.1) is 7.11 Å². The van der Waals surface area contributed by atoms with Crippen LogP contribution in [0.25, 0.3) is 10.9 Å². The summed E-state index contributed by atoms with van der Waals surface area (Å²) < 4.78 is 5.63. The first-order valence-electron chi connectivity index (χ1n) is 12.3. The van der Waals surface area contributed by atoms with E-state index in [0.717, 1.165) is 61.6 Å². The van der Waals surface area contributed by atoms with Crippen LogP contribution in [0.2, 0.25) is 5.02 Å². The van der Waals surface area contributed by atoms with E-state index in [9.17, 15) is 0 Å². The van der Waals surface area contributed by atoms with Crippen LogP contribution in [-0.4, -0.2) is 36.6 Å². The number of H-pyrrole nitrogens is 1. The number of methoxy groups -OCH3 is 1. The van der Waals surface area contributed by atoms with Crippen LogP contribution in [0.5, 0.6) is 5.75 Å². The number of ether oxygens (including phenoxy) is 1. The minimum absolute atomic E-state index is 0.120. The summed E-state index contributed by atoms with van der Waals surface area (Å²) in [6.45, 7) is 3.37. The zero-order chi connectivity index (χ0) is 23.1. The van der Waals surface area contributed by atoms with Crippen molar-refractivity contribution in [2.75, 3.05) is 26.7 Å². The number of hydrogen-bond donors (Lipinski definition) is 1. The number of likely N-dealkylation sites (tertiary alicyclic amines) is 1. The van der Waals surface area contributed by atoms with E-state index in [2.05, 4.69) is 76.6 Å². The second-order valence-corrected chi connectivity index (χ2v) is 10.5. The standard InChI is InChI=1S/C30H31ClN2O/c1-34-25-9-5-8-22(16-25)30-13-15-33(14-12-21-6-3-2-4-7-21)20-23(30)17-27-26-11-10-24(31)18-28(26)32-29(27)19-30/h2-11,16,18,23,32H,12-15,17,19-20H2,1H3. The molecule has 1 aromatic heterocycles. The molecule has 0 amide bonds. The Kier molecular flexibility index (Phi) is 5.63. The van der Waals surface area contributed by atoms with Gasteiger partial charge in [0.1, 0.15) is 5.75 Å².